The molecule has 1 aliphatic carbocycles. The van der Waals surface area contributed by atoms with Gasteiger partial charge in [-0.2, -0.15) is 0 Å². The average Bonchev–Trinajstić information content (AvgIpc) is 3.12. The number of furan rings is 1. The van der Waals surface area contributed by atoms with Gasteiger partial charge in [-0.25, -0.2) is 4.39 Å². The number of Topliss-reactive ketones (excluding diaryl/α,β-unsaturated/α-hetero) is 1. The lowest BCUT2D eigenvalue weighted by Crippen LogP contribution is -1.99. The largest absolute Gasteiger partial charge is 0.453 e. The van der Waals surface area contributed by atoms with E-state index in [1.165, 1.54) is 25.0 Å². The highest BCUT2D eigenvalue weighted by Gasteiger charge is 2.24. The highest BCUT2D eigenvalue weighted by molar-refractivity contribution is 6.00. The Morgan fingerprint density at radius 2 is 2.22 bits per heavy atom. The zero-order chi connectivity index (χ0) is 12.7. The minimum atomic E-state index is -0.302. The molecule has 0 unspecified atom stereocenters. The highest BCUT2D eigenvalue weighted by Crippen LogP contribution is 2.34. The summed E-state index contributed by atoms with van der Waals surface area (Å²) in [6, 6.07) is 4.35. The molecular formula is C15H15FO2. The van der Waals surface area contributed by atoms with E-state index in [1.54, 1.807) is 6.07 Å². The third kappa shape index (κ3) is 2.05. The second-order valence-electron chi connectivity index (χ2n) is 5.10. The molecule has 3 rings (SSSR count). The summed E-state index contributed by atoms with van der Waals surface area (Å²) >= 11 is 0. The number of carbonyl (C=O) groups excluding carboxylic acids is 1. The lowest BCUT2D eigenvalue weighted by molar-refractivity contribution is 0.0952. The van der Waals surface area contributed by atoms with Gasteiger partial charge >= 0.3 is 0 Å². The highest BCUT2D eigenvalue weighted by atomic mass is 19.1. The van der Waals surface area contributed by atoms with Crippen LogP contribution in [0.3, 0.4) is 0 Å². The Balaban J connectivity index is 1.90. The second-order valence-corrected chi connectivity index (χ2v) is 5.10. The molecule has 1 saturated carbocycles. The number of rotatable bonds is 4. The molecule has 1 aromatic carbocycles. The molecule has 0 aliphatic heterocycles. The molecule has 0 radical (unpaired) electrons. The Kier molecular flexibility index (Phi) is 2.69. The van der Waals surface area contributed by atoms with Crippen LogP contribution >= 0.6 is 0 Å². The van der Waals surface area contributed by atoms with E-state index in [2.05, 4.69) is 0 Å². The molecule has 1 aliphatic rings. The molecule has 0 bridgehead atoms. The first-order chi connectivity index (χ1) is 8.65. The topological polar surface area (TPSA) is 30.2 Å². The zero-order valence-electron chi connectivity index (χ0n) is 10.3. The number of hydrogen-bond donors (Lipinski definition) is 0. The summed E-state index contributed by atoms with van der Waals surface area (Å²) in [6.07, 6.45) is 3.98. The van der Waals surface area contributed by atoms with Gasteiger partial charge in [0.2, 0.25) is 0 Å². The van der Waals surface area contributed by atoms with Gasteiger partial charge in [0.15, 0.2) is 11.5 Å². The predicted molar refractivity (Wildman–Crippen MR) is 67.2 cm³/mol. The monoisotopic (exact) mass is 246 g/mol. The van der Waals surface area contributed by atoms with Crippen molar-refractivity contribution in [3.05, 3.63) is 35.3 Å². The molecule has 2 aromatic rings. The molecule has 1 heterocycles. The van der Waals surface area contributed by atoms with E-state index in [0.29, 0.717) is 23.2 Å². The van der Waals surface area contributed by atoms with Crippen LogP contribution in [0.15, 0.2) is 22.6 Å². The van der Waals surface area contributed by atoms with E-state index < -0.39 is 0 Å². The summed E-state index contributed by atoms with van der Waals surface area (Å²) < 4.78 is 18.7. The minimum Gasteiger partial charge on any atom is -0.453 e. The third-order valence-corrected chi connectivity index (χ3v) is 3.63. The Bertz CT molecular complexity index is 608. The molecular weight excluding hydrogens is 231 g/mol. The first-order valence-electron chi connectivity index (χ1n) is 6.37. The number of carbonyl (C=O) groups is 1. The van der Waals surface area contributed by atoms with Gasteiger partial charge in [-0.15, -0.1) is 0 Å². The van der Waals surface area contributed by atoms with Gasteiger partial charge in [0.1, 0.15) is 11.4 Å². The summed E-state index contributed by atoms with van der Waals surface area (Å²) in [6.45, 7) is 1.82. The van der Waals surface area contributed by atoms with Crippen LogP contribution in [0.25, 0.3) is 11.0 Å². The fraction of sp³-hybridized carbons (Fsp3) is 0.400. The van der Waals surface area contributed by atoms with Crippen molar-refractivity contribution in [2.24, 2.45) is 5.92 Å². The molecule has 94 valence electrons. The van der Waals surface area contributed by atoms with Crippen molar-refractivity contribution < 1.29 is 13.6 Å². The SMILES string of the molecule is Cc1c(C(=O)CCC2CC2)oc2ccc(F)cc12. The van der Waals surface area contributed by atoms with Gasteiger partial charge in [-0.1, -0.05) is 12.8 Å². The molecule has 0 saturated heterocycles. The molecule has 3 heteroatoms. The first-order valence-corrected chi connectivity index (χ1v) is 6.37. The lowest BCUT2D eigenvalue weighted by Gasteiger charge is -1.97. The van der Waals surface area contributed by atoms with Crippen LogP contribution in [-0.2, 0) is 0 Å². The maximum atomic E-state index is 13.2. The van der Waals surface area contributed by atoms with Crippen molar-refractivity contribution in [2.45, 2.75) is 32.6 Å². The number of fused-ring (bicyclic) bond motifs is 1. The van der Waals surface area contributed by atoms with E-state index in [-0.39, 0.29) is 11.6 Å². The predicted octanol–water partition coefficient (Wildman–Crippen LogP) is 4.25. The van der Waals surface area contributed by atoms with Gasteiger partial charge in [-0.05, 0) is 37.5 Å². The minimum absolute atomic E-state index is 0.0380. The number of ketones is 1. The van der Waals surface area contributed by atoms with Crippen molar-refractivity contribution >= 4 is 16.8 Å². The fourth-order valence-electron chi connectivity index (χ4n) is 2.31. The number of hydrogen-bond acceptors (Lipinski definition) is 2. The fourth-order valence-corrected chi connectivity index (χ4v) is 2.31. The molecule has 0 atom stereocenters. The summed E-state index contributed by atoms with van der Waals surface area (Å²) in [4.78, 5) is 12.1. The molecule has 1 fully saturated rings. The van der Waals surface area contributed by atoms with Crippen LogP contribution in [0, 0.1) is 18.7 Å². The van der Waals surface area contributed by atoms with Crippen LogP contribution in [0.2, 0.25) is 0 Å². The summed E-state index contributed by atoms with van der Waals surface area (Å²) in [5.74, 6) is 0.867. The lowest BCUT2D eigenvalue weighted by atomic mass is 10.1. The quantitative estimate of drug-likeness (QED) is 0.755. The maximum absolute atomic E-state index is 13.2. The van der Waals surface area contributed by atoms with Crippen LogP contribution < -0.4 is 0 Å². The second kappa shape index (κ2) is 4.23. The van der Waals surface area contributed by atoms with Crippen LogP contribution in [0.5, 0.6) is 0 Å². The number of aryl methyl sites for hydroxylation is 1. The Morgan fingerprint density at radius 3 is 2.94 bits per heavy atom. The van der Waals surface area contributed by atoms with Crippen LogP contribution in [0.1, 0.15) is 41.8 Å². The number of halogens is 1. The van der Waals surface area contributed by atoms with Crippen molar-refractivity contribution in [3.63, 3.8) is 0 Å². The van der Waals surface area contributed by atoms with Gasteiger partial charge in [0.05, 0.1) is 0 Å². The zero-order valence-corrected chi connectivity index (χ0v) is 10.3. The van der Waals surface area contributed by atoms with Crippen LogP contribution in [-0.4, -0.2) is 5.78 Å². The number of benzene rings is 1. The smallest absolute Gasteiger partial charge is 0.198 e. The Morgan fingerprint density at radius 1 is 1.44 bits per heavy atom. The van der Waals surface area contributed by atoms with Crippen molar-refractivity contribution in [2.75, 3.05) is 0 Å². The normalized spacial score (nSPS) is 15.2. The molecule has 0 spiro atoms. The molecule has 18 heavy (non-hydrogen) atoms. The van der Waals surface area contributed by atoms with E-state index in [0.717, 1.165) is 17.9 Å². The van der Waals surface area contributed by atoms with E-state index in [9.17, 15) is 9.18 Å². The van der Waals surface area contributed by atoms with Crippen molar-refractivity contribution in [1.29, 1.82) is 0 Å². The van der Waals surface area contributed by atoms with E-state index >= 15 is 0 Å². The van der Waals surface area contributed by atoms with Crippen LogP contribution in [0.4, 0.5) is 4.39 Å². The first kappa shape index (κ1) is 11.5. The van der Waals surface area contributed by atoms with E-state index in [1.807, 2.05) is 6.92 Å². The van der Waals surface area contributed by atoms with Gasteiger partial charge in [-0.3, -0.25) is 4.79 Å². The molecule has 0 amide bonds. The standard InChI is InChI=1S/C15H15FO2/c1-9-12-8-11(16)5-7-14(12)18-15(9)13(17)6-4-10-2-3-10/h5,7-8,10H,2-4,6H2,1H3. The van der Waals surface area contributed by atoms with Gasteiger partial charge in [0.25, 0.3) is 0 Å². The molecule has 2 nitrogen and oxygen atoms in total. The average molecular weight is 246 g/mol. The Hall–Kier alpha value is -1.64. The Labute approximate surface area is 105 Å². The van der Waals surface area contributed by atoms with Gasteiger partial charge < -0.3 is 4.42 Å². The van der Waals surface area contributed by atoms with Gasteiger partial charge in [0, 0.05) is 17.4 Å². The maximum Gasteiger partial charge on any atom is 0.198 e. The summed E-state index contributed by atoms with van der Waals surface area (Å²) in [7, 11) is 0. The van der Waals surface area contributed by atoms with Crippen molar-refractivity contribution in [3.8, 4) is 0 Å². The summed E-state index contributed by atoms with van der Waals surface area (Å²) in [5, 5.41) is 0.699. The molecule has 1 aromatic heterocycles. The van der Waals surface area contributed by atoms with E-state index in [4.69, 9.17) is 4.42 Å². The van der Waals surface area contributed by atoms with Crippen molar-refractivity contribution in [1.82, 2.24) is 0 Å². The third-order valence-electron chi connectivity index (χ3n) is 3.63. The summed E-state index contributed by atoms with van der Waals surface area (Å²) in [5.41, 5.74) is 1.34. The molecule has 0 N–H and O–H groups in total.